The van der Waals surface area contributed by atoms with E-state index in [9.17, 15) is 14.4 Å². The molecule has 1 aliphatic carbocycles. The lowest BCUT2D eigenvalue weighted by Crippen LogP contribution is -2.32. The molecule has 1 saturated carbocycles. The third-order valence-corrected chi connectivity index (χ3v) is 8.38. The Balaban J connectivity index is 1.68. The topological polar surface area (TPSA) is 80.5 Å². The van der Waals surface area contributed by atoms with Gasteiger partial charge in [0.2, 0.25) is 11.8 Å². The largest absolute Gasteiger partial charge is 0.365 e. The van der Waals surface area contributed by atoms with Gasteiger partial charge in [-0.15, -0.1) is 22.7 Å². The van der Waals surface area contributed by atoms with Crippen LogP contribution in [0.2, 0.25) is 5.02 Å². The molecule has 0 radical (unpaired) electrons. The van der Waals surface area contributed by atoms with Crippen molar-refractivity contribution in [3.05, 3.63) is 40.2 Å². The van der Waals surface area contributed by atoms with Gasteiger partial charge in [0.05, 0.1) is 17.4 Å². The smallest absolute Gasteiger partial charge is 0.252 e. The van der Waals surface area contributed by atoms with Gasteiger partial charge in [0, 0.05) is 25.4 Å². The van der Waals surface area contributed by atoms with Crippen molar-refractivity contribution in [2.45, 2.75) is 25.7 Å². The van der Waals surface area contributed by atoms with E-state index in [-0.39, 0.29) is 29.2 Å². The number of hydrogen-bond acceptors (Lipinski definition) is 5. The summed E-state index contributed by atoms with van der Waals surface area (Å²) in [7, 11) is 0. The fourth-order valence-electron chi connectivity index (χ4n) is 4.48. The van der Waals surface area contributed by atoms with E-state index in [1.165, 1.54) is 27.6 Å². The number of nitrogens with zero attached hydrogens (tertiary/aromatic N) is 1. The molecule has 2 atom stereocenters. The summed E-state index contributed by atoms with van der Waals surface area (Å²) in [5.41, 5.74) is 6.93. The maximum atomic E-state index is 13.1. The zero-order valence-electron chi connectivity index (χ0n) is 15.3. The molecule has 1 aliphatic heterocycles. The van der Waals surface area contributed by atoms with Gasteiger partial charge in [-0.2, -0.15) is 0 Å². The molecule has 3 amide bonds. The molecular formula is C21H17ClN2O3S2. The number of thiophene rings is 2. The molecule has 2 N–H and O–H groups in total. The summed E-state index contributed by atoms with van der Waals surface area (Å²) in [6, 6.07) is 7.35. The Bertz CT molecular complexity index is 1140. The van der Waals surface area contributed by atoms with Crippen LogP contribution in [0.1, 0.15) is 36.0 Å². The average molecular weight is 445 g/mol. The highest BCUT2D eigenvalue weighted by Gasteiger charge is 2.50. The van der Waals surface area contributed by atoms with Gasteiger partial charge < -0.3 is 5.73 Å². The van der Waals surface area contributed by atoms with Gasteiger partial charge in [-0.05, 0) is 30.5 Å². The number of carbonyl (C=O) groups is 3. The predicted molar refractivity (Wildman–Crippen MR) is 117 cm³/mol. The van der Waals surface area contributed by atoms with Crippen molar-refractivity contribution < 1.29 is 14.4 Å². The van der Waals surface area contributed by atoms with E-state index in [2.05, 4.69) is 0 Å². The molecule has 0 spiro atoms. The maximum Gasteiger partial charge on any atom is 0.252 e. The first-order chi connectivity index (χ1) is 14.0. The molecule has 1 saturated heterocycles. The molecule has 2 aromatic heterocycles. The molecular weight excluding hydrogens is 428 g/mol. The second-order valence-corrected chi connectivity index (χ2v) is 9.81. The third kappa shape index (κ3) is 2.83. The summed E-state index contributed by atoms with van der Waals surface area (Å²) in [4.78, 5) is 40.7. The minimum absolute atomic E-state index is 0.192. The molecule has 1 aromatic carbocycles. The van der Waals surface area contributed by atoms with Crippen LogP contribution in [0.15, 0.2) is 29.6 Å². The third-order valence-electron chi connectivity index (χ3n) is 5.82. The van der Waals surface area contributed by atoms with Crippen LogP contribution in [0, 0.1) is 11.8 Å². The number of nitrogens with two attached hydrogens (primary N) is 1. The van der Waals surface area contributed by atoms with Crippen molar-refractivity contribution in [2.75, 3.05) is 4.90 Å². The minimum Gasteiger partial charge on any atom is -0.365 e. The van der Waals surface area contributed by atoms with Gasteiger partial charge >= 0.3 is 0 Å². The van der Waals surface area contributed by atoms with Gasteiger partial charge in [0.25, 0.3) is 5.91 Å². The van der Waals surface area contributed by atoms with E-state index in [1.807, 2.05) is 17.5 Å². The Morgan fingerprint density at radius 3 is 2.28 bits per heavy atom. The Labute approximate surface area is 180 Å². The van der Waals surface area contributed by atoms with Crippen molar-refractivity contribution >= 4 is 67.1 Å². The van der Waals surface area contributed by atoms with Crippen LogP contribution in [0.25, 0.3) is 20.5 Å². The van der Waals surface area contributed by atoms with E-state index in [4.69, 9.17) is 17.3 Å². The summed E-state index contributed by atoms with van der Waals surface area (Å²) in [5, 5.41) is 3.64. The summed E-state index contributed by atoms with van der Waals surface area (Å²) in [6.45, 7) is 0. The molecule has 5 nitrogen and oxygen atoms in total. The van der Waals surface area contributed by atoms with Crippen LogP contribution < -0.4 is 10.6 Å². The fraction of sp³-hybridized carbons (Fsp3) is 0.286. The average Bonchev–Trinajstić information content (AvgIpc) is 3.34. The molecule has 2 aliphatic rings. The molecule has 8 heteroatoms. The molecule has 2 unspecified atom stereocenters. The first kappa shape index (κ1) is 18.8. The molecule has 3 aromatic rings. The van der Waals surface area contributed by atoms with Crippen molar-refractivity contribution in [3.63, 3.8) is 0 Å². The van der Waals surface area contributed by atoms with Crippen molar-refractivity contribution in [1.82, 2.24) is 0 Å². The number of anilines is 1. The Hall–Kier alpha value is -2.22. The number of imide groups is 1. The quantitative estimate of drug-likeness (QED) is 0.573. The van der Waals surface area contributed by atoms with Gasteiger partial charge in [0.15, 0.2) is 0 Å². The number of hydrogen-bond donors (Lipinski definition) is 1. The summed E-state index contributed by atoms with van der Waals surface area (Å²) < 4.78 is 0.847. The van der Waals surface area contributed by atoms with Crippen LogP contribution in [0.5, 0.6) is 0 Å². The number of carbonyl (C=O) groups excluding carboxylic acids is 3. The van der Waals surface area contributed by atoms with Crippen molar-refractivity contribution in [1.29, 1.82) is 0 Å². The first-order valence-corrected chi connectivity index (χ1v) is 11.5. The monoisotopic (exact) mass is 444 g/mol. The molecule has 148 valence electrons. The summed E-state index contributed by atoms with van der Waals surface area (Å²) in [5.74, 6) is -1.56. The van der Waals surface area contributed by atoms with Crippen LogP contribution in [0.4, 0.5) is 5.00 Å². The van der Waals surface area contributed by atoms with E-state index in [0.29, 0.717) is 15.4 Å². The van der Waals surface area contributed by atoms with Crippen LogP contribution in [-0.4, -0.2) is 17.7 Å². The molecule has 2 fully saturated rings. The number of amides is 3. The van der Waals surface area contributed by atoms with E-state index in [0.717, 1.165) is 40.8 Å². The van der Waals surface area contributed by atoms with Crippen molar-refractivity contribution in [2.24, 2.45) is 17.6 Å². The zero-order chi connectivity index (χ0) is 20.3. The van der Waals surface area contributed by atoms with Gasteiger partial charge in [-0.25, -0.2) is 4.90 Å². The van der Waals surface area contributed by atoms with Crippen LogP contribution in [-0.2, 0) is 9.59 Å². The lowest BCUT2D eigenvalue weighted by atomic mass is 9.81. The number of fused-ring (bicyclic) bond motifs is 2. The number of halogens is 1. The Morgan fingerprint density at radius 1 is 1.07 bits per heavy atom. The van der Waals surface area contributed by atoms with Gasteiger partial charge in [0.1, 0.15) is 5.00 Å². The number of primary amides is 1. The van der Waals surface area contributed by atoms with Gasteiger partial charge in [-0.3, -0.25) is 14.4 Å². The lowest BCUT2D eigenvalue weighted by Gasteiger charge is -2.19. The SMILES string of the molecule is NC(=O)c1c(N2C(=O)C3CCCCC3C2=O)sc2csc(-c3ccc(Cl)cc3)c12. The molecule has 5 rings (SSSR count). The standard InChI is InChI=1S/C21H17ClN2O3S2/c22-11-7-5-10(6-8-11)17-15-14(9-28-17)29-21(16(15)18(23)25)24-19(26)12-3-1-2-4-13(12)20(24)27/h5-9,12-13H,1-4H2,(H2,23,25). The van der Waals surface area contributed by atoms with Crippen LogP contribution >= 0.6 is 34.3 Å². The second kappa shape index (κ2) is 6.93. The van der Waals surface area contributed by atoms with Gasteiger partial charge in [-0.1, -0.05) is 36.6 Å². The second-order valence-electron chi connectivity index (χ2n) is 7.47. The van der Waals surface area contributed by atoms with Crippen LogP contribution in [0.3, 0.4) is 0 Å². The van der Waals surface area contributed by atoms with E-state index < -0.39 is 5.91 Å². The fourth-order valence-corrected chi connectivity index (χ4v) is 7.04. The number of rotatable bonds is 3. The number of benzene rings is 1. The normalized spacial score (nSPS) is 21.8. The summed E-state index contributed by atoms with van der Waals surface area (Å²) in [6.07, 6.45) is 3.37. The van der Waals surface area contributed by atoms with E-state index >= 15 is 0 Å². The maximum absolute atomic E-state index is 13.1. The minimum atomic E-state index is -0.629. The molecule has 3 heterocycles. The highest BCUT2D eigenvalue weighted by Crippen LogP contribution is 2.49. The van der Waals surface area contributed by atoms with E-state index in [1.54, 1.807) is 12.1 Å². The highest BCUT2D eigenvalue weighted by molar-refractivity contribution is 7.28. The lowest BCUT2D eigenvalue weighted by molar-refractivity contribution is -0.122. The molecule has 29 heavy (non-hydrogen) atoms. The highest BCUT2D eigenvalue weighted by atomic mass is 35.5. The zero-order valence-corrected chi connectivity index (χ0v) is 17.7. The van der Waals surface area contributed by atoms with Crippen molar-refractivity contribution in [3.8, 4) is 10.4 Å². The molecule has 0 bridgehead atoms. The Kier molecular flexibility index (Phi) is 4.49. The summed E-state index contributed by atoms with van der Waals surface area (Å²) >= 11 is 8.80. The first-order valence-electron chi connectivity index (χ1n) is 9.45. The predicted octanol–water partition coefficient (Wildman–Crippen LogP) is 5.06. The Morgan fingerprint density at radius 2 is 1.69 bits per heavy atom.